The summed E-state index contributed by atoms with van der Waals surface area (Å²) >= 11 is 0. The molecule has 0 heterocycles. The van der Waals surface area contributed by atoms with Crippen molar-refractivity contribution < 1.29 is 14.7 Å². The van der Waals surface area contributed by atoms with Crippen molar-refractivity contribution in [3.05, 3.63) is 35.9 Å². The maximum absolute atomic E-state index is 11.6. The number of urea groups is 1. The van der Waals surface area contributed by atoms with Crippen LogP contribution in [0.15, 0.2) is 30.3 Å². The number of carboxylic acid groups (broad SMARTS) is 1. The van der Waals surface area contributed by atoms with Crippen LogP contribution in [0.3, 0.4) is 0 Å². The van der Waals surface area contributed by atoms with E-state index in [-0.39, 0.29) is 5.92 Å². The number of benzene rings is 1. The standard InChI is InChI=1S/C13H16N2O3/c16-12(17)11(10-6-7-10)15-13(18)14-8-9-4-2-1-3-5-9/h1-5,10-11H,6-8H2,(H,16,17)(H2,14,15,18). The molecule has 0 saturated heterocycles. The van der Waals surface area contributed by atoms with Gasteiger partial charge in [-0.3, -0.25) is 0 Å². The highest BCUT2D eigenvalue weighted by atomic mass is 16.4. The van der Waals surface area contributed by atoms with E-state index in [4.69, 9.17) is 5.11 Å². The molecule has 1 fully saturated rings. The second kappa shape index (κ2) is 5.53. The fraction of sp³-hybridized carbons (Fsp3) is 0.385. The third-order valence-electron chi connectivity index (χ3n) is 2.94. The molecule has 2 rings (SSSR count). The van der Waals surface area contributed by atoms with Crippen LogP contribution in [0.1, 0.15) is 18.4 Å². The summed E-state index contributed by atoms with van der Waals surface area (Å²) < 4.78 is 0. The van der Waals surface area contributed by atoms with Crippen LogP contribution in [0, 0.1) is 5.92 Å². The highest BCUT2D eigenvalue weighted by molar-refractivity contribution is 5.83. The maximum atomic E-state index is 11.6. The Morgan fingerprint density at radius 1 is 1.28 bits per heavy atom. The quantitative estimate of drug-likeness (QED) is 0.736. The number of carbonyl (C=O) groups excluding carboxylic acids is 1. The second-order valence-corrected chi connectivity index (χ2v) is 4.47. The first-order valence-corrected chi connectivity index (χ1v) is 5.98. The molecule has 0 radical (unpaired) electrons. The number of nitrogens with one attached hydrogen (secondary N) is 2. The van der Waals surface area contributed by atoms with Crippen molar-refractivity contribution in [3.63, 3.8) is 0 Å². The Kier molecular flexibility index (Phi) is 3.82. The summed E-state index contributed by atoms with van der Waals surface area (Å²) in [6.07, 6.45) is 1.74. The van der Waals surface area contributed by atoms with Crippen LogP contribution >= 0.6 is 0 Å². The van der Waals surface area contributed by atoms with Gasteiger partial charge in [0.15, 0.2) is 0 Å². The Labute approximate surface area is 105 Å². The molecule has 2 amide bonds. The van der Waals surface area contributed by atoms with Crippen LogP contribution in [0.2, 0.25) is 0 Å². The molecule has 3 N–H and O–H groups in total. The molecule has 5 heteroatoms. The van der Waals surface area contributed by atoms with Crippen molar-refractivity contribution in [2.75, 3.05) is 0 Å². The number of hydrogen-bond donors (Lipinski definition) is 3. The fourth-order valence-corrected chi connectivity index (χ4v) is 1.78. The van der Waals surface area contributed by atoms with Gasteiger partial charge in [-0.25, -0.2) is 9.59 Å². The Morgan fingerprint density at radius 3 is 2.50 bits per heavy atom. The van der Waals surface area contributed by atoms with Gasteiger partial charge in [0.25, 0.3) is 0 Å². The van der Waals surface area contributed by atoms with E-state index < -0.39 is 18.0 Å². The van der Waals surface area contributed by atoms with Gasteiger partial charge in [-0.05, 0) is 24.3 Å². The molecule has 0 aliphatic heterocycles. The van der Waals surface area contributed by atoms with Crippen molar-refractivity contribution in [2.24, 2.45) is 5.92 Å². The Bertz CT molecular complexity index is 429. The maximum Gasteiger partial charge on any atom is 0.326 e. The number of rotatable bonds is 5. The number of carbonyl (C=O) groups is 2. The van der Waals surface area contributed by atoms with Gasteiger partial charge in [-0.1, -0.05) is 30.3 Å². The lowest BCUT2D eigenvalue weighted by Crippen LogP contribution is -2.46. The van der Waals surface area contributed by atoms with Crippen molar-refractivity contribution >= 4 is 12.0 Å². The van der Waals surface area contributed by atoms with Gasteiger partial charge in [0, 0.05) is 6.54 Å². The molecule has 18 heavy (non-hydrogen) atoms. The van der Waals surface area contributed by atoms with Crippen molar-refractivity contribution in [1.82, 2.24) is 10.6 Å². The summed E-state index contributed by atoms with van der Waals surface area (Å²) in [5.74, 6) is -0.877. The second-order valence-electron chi connectivity index (χ2n) is 4.47. The zero-order chi connectivity index (χ0) is 13.0. The van der Waals surface area contributed by atoms with Gasteiger partial charge < -0.3 is 15.7 Å². The summed E-state index contributed by atoms with van der Waals surface area (Å²) in [6, 6.07) is 8.28. The van der Waals surface area contributed by atoms with E-state index in [1.54, 1.807) is 0 Å². The fourth-order valence-electron chi connectivity index (χ4n) is 1.78. The minimum Gasteiger partial charge on any atom is -0.480 e. The van der Waals surface area contributed by atoms with Crippen molar-refractivity contribution in [3.8, 4) is 0 Å². The zero-order valence-electron chi connectivity index (χ0n) is 9.93. The van der Waals surface area contributed by atoms with Crippen LogP contribution in [0.25, 0.3) is 0 Å². The van der Waals surface area contributed by atoms with Crippen LogP contribution in [0.4, 0.5) is 4.79 Å². The van der Waals surface area contributed by atoms with Gasteiger partial charge >= 0.3 is 12.0 Å². The van der Waals surface area contributed by atoms with Gasteiger partial charge in [-0.15, -0.1) is 0 Å². The average Bonchev–Trinajstić information content (AvgIpc) is 3.18. The highest BCUT2D eigenvalue weighted by Gasteiger charge is 2.37. The lowest BCUT2D eigenvalue weighted by Gasteiger charge is -2.14. The number of carboxylic acids is 1. The van der Waals surface area contributed by atoms with E-state index in [0.29, 0.717) is 6.54 Å². The van der Waals surface area contributed by atoms with Gasteiger partial charge in [0.1, 0.15) is 6.04 Å². The largest absolute Gasteiger partial charge is 0.480 e. The van der Waals surface area contributed by atoms with E-state index >= 15 is 0 Å². The van der Waals surface area contributed by atoms with Crippen LogP contribution in [0.5, 0.6) is 0 Å². The molecule has 5 nitrogen and oxygen atoms in total. The first kappa shape index (κ1) is 12.4. The molecular weight excluding hydrogens is 232 g/mol. The van der Waals surface area contributed by atoms with Crippen molar-refractivity contribution in [1.29, 1.82) is 0 Å². The molecule has 0 aromatic heterocycles. The molecule has 1 saturated carbocycles. The van der Waals surface area contributed by atoms with E-state index in [1.165, 1.54) is 0 Å². The summed E-state index contributed by atoms with van der Waals surface area (Å²) in [6.45, 7) is 0.393. The zero-order valence-corrected chi connectivity index (χ0v) is 9.93. The first-order valence-electron chi connectivity index (χ1n) is 5.98. The molecule has 1 aliphatic carbocycles. The molecule has 1 atom stereocenters. The lowest BCUT2D eigenvalue weighted by molar-refractivity contribution is -0.139. The summed E-state index contributed by atoms with van der Waals surface area (Å²) in [5, 5.41) is 14.1. The van der Waals surface area contributed by atoms with E-state index in [9.17, 15) is 9.59 Å². The summed E-state index contributed by atoms with van der Waals surface area (Å²) in [7, 11) is 0. The molecule has 0 bridgehead atoms. The molecule has 1 unspecified atom stereocenters. The van der Waals surface area contributed by atoms with Crippen LogP contribution < -0.4 is 10.6 Å². The minimum atomic E-state index is -0.965. The molecule has 96 valence electrons. The van der Waals surface area contributed by atoms with Gasteiger partial charge in [0.2, 0.25) is 0 Å². The molecular formula is C13H16N2O3. The Hall–Kier alpha value is -2.04. The predicted octanol–water partition coefficient (Wildman–Crippen LogP) is 1.35. The van der Waals surface area contributed by atoms with Gasteiger partial charge in [-0.2, -0.15) is 0 Å². The third kappa shape index (κ3) is 3.48. The third-order valence-corrected chi connectivity index (χ3v) is 2.94. The Balaban J connectivity index is 1.79. The van der Waals surface area contributed by atoms with E-state index in [0.717, 1.165) is 18.4 Å². The predicted molar refractivity (Wildman–Crippen MR) is 66.0 cm³/mol. The van der Waals surface area contributed by atoms with E-state index in [2.05, 4.69) is 10.6 Å². The normalized spacial score (nSPS) is 15.8. The summed E-state index contributed by atoms with van der Waals surface area (Å²) in [4.78, 5) is 22.5. The molecule has 0 spiro atoms. The topological polar surface area (TPSA) is 78.4 Å². The van der Waals surface area contributed by atoms with Gasteiger partial charge in [0.05, 0.1) is 0 Å². The smallest absolute Gasteiger partial charge is 0.326 e. The highest BCUT2D eigenvalue weighted by Crippen LogP contribution is 2.32. The number of hydrogen-bond acceptors (Lipinski definition) is 2. The number of amides is 2. The minimum absolute atomic E-state index is 0.0879. The molecule has 1 aromatic rings. The molecule has 1 aromatic carbocycles. The number of aliphatic carboxylic acids is 1. The summed E-state index contributed by atoms with van der Waals surface area (Å²) in [5.41, 5.74) is 0.978. The SMILES string of the molecule is O=C(NCc1ccccc1)NC(C(=O)O)C1CC1. The van der Waals surface area contributed by atoms with Crippen LogP contribution in [-0.4, -0.2) is 23.1 Å². The molecule has 1 aliphatic rings. The van der Waals surface area contributed by atoms with E-state index in [1.807, 2.05) is 30.3 Å². The first-order chi connectivity index (χ1) is 8.66. The lowest BCUT2D eigenvalue weighted by atomic mass is 10.2. The Morgan fingerprint density at radius 2 is 1.94 bits per heavy atom. The monoisotopic (exact) mass is 248 g/mol. The van der Waals surface area contributed by atoms with Crippen LogP contribution in [-0.2, 0) is 11.3 Å². The van der Waals surface area contributed by atoms with Crippen molar-refractivity contribution in [2.45, 2.75) is 25.4 Å². The average molecular weight is 248 g/mol.